The van der Waals surface area contributed by atoms with E-state index in [1.807, 2.05) is 0 Å². The van der Waals surface area contributed by atoms with Gasteiger partial charge in [0.25, 0.3) is 0 Å². The Kier molecular flexibility index (Phi) is 2.66. The highest BCUT2D eigenvalue weighted by Crippen LogP contribution is 2.17. The molecular weight excluding hydrogens is 226 g/mol. The molecule has 1 heterocycles. The van der Waals surface area contributed by atoms with Gasteiger partial charge in [-0.05, 0) is 26.0 Å². The van der Waals surface area contributed by atoms with E-state index in [2.05, 4.69) is 10.3 Å². The Morgan fingerprint density at radius 1 is 1.29 bits per heavy atom. The van der Waals surface area contributed by atoms with E-state index in [-0.39, 0.29) is 5.69 Å². The zero-order valence-electron chi connectivity index (χ0n) is 9.48. The van der Waals surface area contributed by atoms with Gasteiger partial charge in [-0.1, -0.05) is 5.21 Å². The standard InChI is InChI=1S/C11H12F2N4/c1-11(2,14)10-6-17(16-15-10)9-4-3-7(12)5-8(9)13/h3-6H,14H2,1-2H3. The van der Waals surface area contributed by atoms with E-state index >= 15 is 0 Å². The van der Waals surface area contributed by atoms with Crippen molar-refractivity contribution in [2.75, 3.05) is 0 Å². The van der Waals surface area contributed by atoms with Gasteiger partial charge in [-0.2, -0.15) is 0 Å². The molecule has 0 aliphatic heterocycles. The summed E-state index contributed by atoms with van der Waals surface area (Å²) < 4.78 is 27.5. The zero-order chi connectivity index (χ0) is 12.6. The molecule has 2 rings (SSSR count). The first-order valence-electron chi connectivity index (χ1n) is 5.05. The van der Waals surface area contributed by atoms with Gasteiger partial charge in [-0.3, -0.25) is 0 Å². The van der Waals surface area contributed by atoms with Gasteiger partial charge in [-0.15, -0.1) is 5.10 Å². The molecule has 4 nitrogen and oxygen atoms in total. The molecule has 90 valence electrons. The summed E-state index contributed by atoms with van der Waals surface area (Å²) in [7, 11) is 0. The van der Waals surface area contributed by atoms with Gasteiger partial charge in [-0.25, -0.2) is 13.5 Å². The molecule has 0 fully saturated rings. The molecule has 0 saturated carbocycles. The van der Waals surface area contributed by atoms with E-state index in [0.717, 1.165) is 12.1 Å². The van der Waals surface area contributed by atoms with Crippen molar-refractivity contribution in [1.82, 2.24) is 15.0 Å². The zero-order valence-corrected chi connectivity index (χ0v) is 9.48. The lowest BCUT2D eigenvalue weighted by Crippen LogP contribution is -2.29. The molecule has 2 aromatic rings. The molecule has 0 unspecified atom stereocenters. The van der Waals surface area contributed by atoms with Gasteiger partial charge in [0.15, 0.2) is 5.82 Å². The van der Waals surface area contributed by atoms with Crippen molar-refractivity contribution in [2.24, 2.45) is 5.73 Å². The van der Waals surface area contributed by atoms with Gasteiger partial charge in [0.2, 0.25) is 0 Å². The molecule has 0 aliphatic rings. The smallest absolute Gasteiger partial charge is 0.151 e. The maximum absolute atomic E-state index is 13.5. The number of aromatic nitrogens is 3. The van der Waals surface area contributed by atoms with Crippen molar-refractivity contribution in [2.45, 2.75) is 19.4 Å². The summed E-state index contributed by atoms with van der Waals surface area (Å²) in [6, 6.07) is 3.25. The Labute approximate surface area is 97.0 Å². The monoisotopic (exact) mass is 238 g/mol. The number of hydrogen-bond acceptors (Lipinski definition) is 3. The second-order valence-corrected chi connectivity index (χ2v) is 4.37. The van der Waals surface area contributed by atoms with Crippen LogP contribution in [0.25, 0.3) is 5.69 Å². The highest BCUT2D eigenvalue weighted by Gasteiger charge is 2.19. The quantitative estimate of drug-likeness (QED) is 0.867. The molecule has 0 bridgehead atoms. The minimum Gasteiger partial charge on any atom is -0.320 e. The van der Waals surface area contributed by atoms with Crippen LogP contribution >= 0.6 is 0 Å². The van der Waals surface area contributed by atoms with Crippen LogP contribution in [0.4, 0.5) is 8.78 Å². The number of nitrogens with zero attached hydrogens (tertiary/aromatic N) is 3. The average molecular weight is 238 g/mol. The van der Waals surface area contributed by atoms with Crippen LogP contribution in [-0.4, -0.2) is 15.0 Å². The van der Waals surface area contributed by atoms with Gasteiger partial charge in [0.05, 0.1) is 11.7 Å². The number of rotatable bonds is 2. The molecule has 6 heteroatoms. The molecule has 0 atom stereocenters. The van der Waals surface area contributed by atoms with Crippen molar-refractivity contribution in [3.63, 3.8) is 0 Å². The first-order valence-corrected chi connectivity index (χ1v) is 5.05. The van der Waals surface area contributed by atoms with E-state index < -0.39 is 17.2 Å². The summed E-state index contributed by atoms with van der Waals surface area (Å²) in [5.41, 5.74) is 5.85. The Hall–Kier alpha value is -1.82. The first kappa shape index (κ1) is 11.7. The lowest BCUT2D eigenvalue weighted by Gasteiger charge is -2.13. The lowest BCUT2D eigenvalue weighted by molar-refractivity contribution is 0.533. The van der Waals surface area contributed by atoms with Gasteiger partial charge in [0, 0.05) is 6.07 Å². The van der Waals surface area contributed by atoms with Gasteiger partial charge < -0.3 is 5.73 Å². The minimum atomic E-state index is -0.698. The molecule has 0 radical (unpaired) electrons. The van der Waals surface area contributed by atoms with E-state index in [9.17, 15) is 8.78 Å². The van der Waals surface area contributed by atoms with Crippen molar-refractivity contribution < 1.29 is 8.78 Å². The summed E-state index contributed by atoms with van der Waals surface area (Å²) in [6.45, 7) is 3.53. The molecule has 17 heavy (non-hydrogen) atoms. The molecular formula is C11H12F2N4. The van der Waals surface area contributed by atoms with E-state index in [1.165, 1.54) is 16.9 Å². The number of halogens is 2. The molecule has 1 aromatic heterocycles. The van der Waals surface area contributed by atoms with Crippen LogP contribution in [0.2, 0.25) is 0 Å². The van der Waals surface area contributed by atoms with Crippen molar-refractivity contribution in [3.05, 3.63) is 41.7 Å². The van der Waals surface area contributed by atoms with Crippen LogP contribution in [0.3, 0.4) is 0 Å². The van der Waals surface area contributed by atoms with Crippen molar-refractivity contribution in [1.29, 1.82) is 0 Å². The second kappa shape index (κ2) is 3.89. The third-order valence-corrected chi connectivity index (χ3v) is 2.31. The predicted octanol–water partition coefficient (Wildman–Crippen LogP) is 1.74. The number of nitrogens with two attached hydrogens (primary N) is 1. The third kappa shape index (κ3) is 2.31. The molecule has 2 N–H and O–H groups in total. The Bertz CT molecular complexity index is 543. The lowest BCUT2D eigenvalue weighted by atomic mass is 10.0. The summed E-state index contributed by atoms with van der Waals surface area (Å²) in [5.74, 6) is -1.33. The highest BCUT2D eigenvalue weighted by atomic mass is 19.1. The van der Waals surface area contributed by atoms with E-state index in [0.29, 0.717) is 5.69 Å². The minimum absolute atomic E-state index is 0.134. The largest absolute Gasteiger partial charge is 0.320 e. The Morgan fingerprint density at radius 2 is 2.00 bits per heavy atom. The summed E-state index contributed by atoms with van der Waals surface area (Å²) in [4.78, 5) is 0. The van der Waals surface area contributed by atoms with Crippen LogP contribution in [0, 0.1) is 11.6 Å². The molecule has 0 aliphatic carbocycles. The summed E-state index contributed by atoms with van der Waals surface area (Å²) >= 11 is 0. The fourth-order valence-corrected chi connectivity index (χ4v) is 1.34. The fourth-order valence-electron chi connectivity index (χ4n) is 1.34. The maximum Gasteiger partial charge on any atom is 0.151 e. The van der Waals surface area contributed by atoms with Crippen LogP contribution in [-0.2, 0) is 5.54 Å². The summed E-state index contributed by atoms with van der Waals surface area (Å²) in [5, 5.41) is 7.62. The summed E-state index contributed by atoms with van der Waals surface area (Å²) in [6.07, 6.45) is 1.52. The van der Waals surface area contributed by atoms with Crippen molar-refractivity contribution in [3.8, 4) is 5.69 Å². The van der Waals surface area contributed by atoms with Gasteiger partial charge in [0.1, 0.15) is 17.2 Å². The highest BCUT2D eigenvalue weighted by molar-refractivity contribution is 5.33. The maximum atomic E-state index is 13.5. The third-order valence-electron chi connectivity index (χ3n) is 2.31. The van der Waals surface area contributed by atoms with E-state index in [1.54, 1.807) is 13.8 Å². The molecule has 0 spiro atoms. The predicted molar refractivity (Wildman–Crippen MR) is 58.5 cm³/mol. The van der Waals surface area contributed by atoms with E-state index in [4.69, 9.17) is 5.73 Å². The topological polar surface area (TPSA) is 56.7 Å². The number of hydrogen-bond donors (Lipinski definition) is 1. The fraction of sp³-hybridized carbons (Fsp3) is 0.273. The van der Waals surface area contributed by atoms with Crippen LogP contribution in [0.15, 0.2) is 24.4 Å². The number of benzene rings is 1. The molecule has 0 amide bonds. The van der Waals surface area contributed by atoms with Gasteiger partial charge >= 0.3 is 0 Å². The molecule has 0 saturated heterocycles. The first-order chi connectivity index (χ1) is 7.88. The average Bonchev–Trinajstić information content (AvgIpc) is 2.65. The Balaban J connectivity index is 2.44. The molecule has 1 aromatic carbocycles. The van der Waals surface area contributed by atoms with Crippen LogP contribution < -0.4 is 5.73 Å². The Morgan fingerprint density at radius 3 is 2.53 bits per heavy atom. The van der Waals surface area contributed by atoms with Crippen LogP contribution in [0.1, 0.15) is 19.5 Å². The second-order valence-electron chi connectivity index (χ2n) is 4.37. The van der Waals surface area contributed by atoms with Crippen LogP contribution in [0.5, 0.6) is 0 Å². The van der Waals surface area contributed by atoms with Crippen molar-refractivity contribution >= 4 is 0 Å². The SMILES string of the molecule is CC(C)(N)c1cn(-c2ccc(F)cc2F)nn1. The normalized spacial score (nSPS) is 11.8.